The van der Waals surface area contributed by atoms with E-state index in [1.54, 1.807) is 27.9 Å². The van der Waals surface area contributed by atoms with E-state index in [-0.39, 0.29) is 18.1 Å². The minimum absolute atomic E-state index is 0.0146. The van der Waals surface area contributed by atoms with Gasteiger partial charge in [0.05, 0.1) is 0 Å². The number of fused-ring (bicyclic) bond motifs is 1. The molecule has 9 heteroatoms. The van der Waals surface area contributed by atoms with Crippen molar-refractivity contribution in [2.75, 3.05) is 31.1 Å². The quantitative estimate of drug-likeness (QED) is 0.763. The summed E-state index contributed by atoms with van der Waals surface area (Å²) < 4.78 is 3.06. The van der Waals surface area contributed by atoms with Crippen LogP contribution in [0, 0.1) is 0 Å². The van der Waals surface area contributed by atoms with Crippen molar-refractivity contribution >= 4 is 11.9 Å². The Morgan fingerprint density at radius 1 is 1.00 bits per heavy atom. The predicted molar refractivity (Wildman–Crippen MR) is 94.9 cm³/mol. The second kappa shape index (κ2) is 7.27. The number of carbonyl (C=O) groups excluding carboxylic acids is 1. The molecule has 9 nitrogen and oxygen atoms in total. The van der Waals surface area contributed by atoms with E-state index in [4.69, 9.17) is 0 Å². The molecule has 1 saturated heterocycles. The van der Waals surface area contributed by atoms with Crippen molar-refractivity contribution in [3.63, 3.8) is 0 Å². The fourth-order valence-electron chi connectivity index (χ4n) is 3.57. The van der Waals surface area contributed by atoms with Crippen LogP contribution in [0.2, 0.25) is 0 Å². The highest BCUT2D eigenvalue weighted by Crippen LogP contribution is 2.12. The van der Waals surface area contributed by atoms with Gasteiger partial charge in [0.15, 0.2) is 0 Å². The molecule has 26 heavy (non-hydrogen) atoms. The van der Waals surface area contributed by atoms with Gasteiger partial charge < -0.3 is 9.80 Å². The number of amides is 1. The molecule has 0 spiro atoms. The Hall–Kier alpha value is -2.71. The Kier molecular flexibility index (Phi) is 4.68. The van der Waals surface area contributed by atoms with E-state index in [0.29, 0.717) is 38.7 Å². The van der Waals surface area contributed by atoms with Crippen molar-refractivity contribution in [2.24, 2.45) is 0 Å². The number of carbonyl (C=O) groups is 1. The van der Waals surface area contributed by atoms with Gasteiger partial charge in [0, 0.05) is 51.5 Å². The molecule has 0 aliphatic carbocycles. The van der Waals surface area contributed by atoms with Gasteiger partial charge in [0.1, 0.15) is 12.4 Å². The largest absolute Gasteiger partial charge is 0.346 e. The zero-order valence-electron chi connectivity index (χ0n) is 14.8. The fraction of sp³-hybridized carbons (Fsp3) is 0.588. The first kappa shape index (κ1) is 16.7. The molecule has 4 rings (SSSR count). The first-order chi connectivity index (χ1) is 12.7. The van der Waals surface area contributed by atoms with Crippen LogP contribution in [-0.2, 0) is 24.3 Å². The van der Waals surface area contributed by atoms with E-state index in [9.17, 15) is 9.59 Å². The topological polar surface area (TPSA) is 89.2 Å². The highest BCUT2D eigenvalue weighted by Gasteiger charge is 2.24. The summed E-state index contributed by atoms with van der Waals surface area (Å²) in [6.45, 7) is 3.28. The second-order valence-corrected chi connectivity index (χ2v) is 6.74. The van der Waals surface area contributed by atoms with Gasteiger partial charge in [-0.2, -0.15) is 5.10 Å². The van der Waals surface area contributed by atoms with Crippen molar-refractivity contribution in [2.45, 2.75) is 38.8 Å². The maximum atomic E-state index is 12.6. The van der Waals surface area contributed by atoms with Crippen molar-refractivity contribution in [1.29, 1.82) is 0 Å². The van der Waals surface area contributed by atoms with Gasteiger partial charge in [-0.3, -0.25) is 9.36 Å². The molecule has 4 heterocycles. The third-order valence-corrected chi connectivity index (χ3v) is 5.03. The summed E-state index contributed by atoms with van der Waals surface area (Å²) in [6, 6.07) is 1.79. The molecule has 1 amide bonds. The Balaban J connectivity index is 1.38. The molecule has 0 bridgehead atoms. The average Bonchev–Trinajstić information content (AvgIpc) is 2.85. The lowest BCUT2D eigenvalue weighted by molar-refractivity contribution is -0.132. The highest BCUT2D eigenvalue weighted by atomic mass is 16.2. The zero-order chi connectivity index (χ0) is 17.9. The Morgan fingerprint density at radius 3 is 2.54 bits per heavy atom. The number of nitrogens with zero attached hydrogens (tertiary/aromatic N) is 7. The lowest BCUT2D eigenvalue weighted by Gasteiger charge is -2.34. The monoisotopic (exact) mass is 357 g/mol. The van der Waals surface area contributed by atoms with Gasteiger partial charge >= 0.3 is 5.69 Å². The van der Waals surface area contributed by atoms with Crippen molar-refractivity contribution in [1.82, 2.24) is 29.2 Å². The van der Waals surface area contributed by atoms with Gasteiger partial charge in [0.2, 0.25) is 11.9 Å². The smallest absolute Gasteiger partial charge is 0.338 e. The number of aryl methyl sites for hydroxylation is 1. The van der Waals surface area contributed by atoms with E-state index >= 15 is 0 Å². The van der Waals surface area contributed by atoms with Gasteiger partial charge in [0.25, 0.3) is 0 Å². The van der Waals surface area contributed by atoms with E-state index in [0.717, 1.165) is 31.5 Å². The van der Waals surface area contributed by atoms with Crippen LogP contribution < -0.4 is 10.6 Å². The van der Waals surface area contributed by atoms with Crippen LogP contribution in [0.3, 0.4) is 0 Å². The molecule has 2 aliphatic rings. The van der Waals surface area contributed by atoms with E-state index in [1.807, 2.05) is 0 Å². The SMILES string of the molecule is O=C(Cn1nc2n(c1=O)CCCCC2)N1CCN(c2ncccn2)CC1. The summed E-state index contributed by atoms with van der Waals surface area (Å²) in [6.07, 6.45) is 7.41. The summed E-state index contributed by atoms with van der Waals surface area (Å²) in [4.78, 5) is 37.5. The first-order valence-corrected chi connectivity index (χ1v) is 9.18. The molecular weight excluding hydrogens is 334 g/mol. The Bertz CT molecular complexity index is 821. The van der Waals surface area contributed by atoms with E-state index < -0.39 is 0 Å². The molecule has 2 aliphatic heterocycles. The minimum atomic E-state index is -0.161. The predicted octanol–water partition coefficient (Wildman–Crippen LogP) is -0.0900. The van der Waals surface area contributed by atoms with Crippen LogP contribution in [0.1, 0.15) is 25.1 Å². The van der Waals surface area contributed by atoms with Gasteiger partial charge in [-0.25, -0.2) is 19.4 Å². The van der Waals surface area contributed by atoms with E-state index in [1.165, 1.54) is 4.68 Å². The molecule has 0 unspecified atom stereocenters. The van der Waals surface area contributed by atoms with Gasteiger partial charge in [-0.05, 0) is 18.9 Å². The third kappa shape index (κ3) is 3.33. The molecule has 2 aromatic heterocycles. The zero-order valence-corrected chi connectivity index (χ0v) is 14.8. The average molecular weight is 357 g/mol. The summed E-state index contributed by atoms with van der Waals surface area (Å²) >= 11 is 0. The Morgan fingerprint density at radius 2 is 1.77 bits per heavy atom. The lowest BCUT2D eigenvalue weighted by Crippen LogP contribution is -2.50. The highest BCUT2D eigenvalue weighted by molar-refractivity contribution is 5.76. The number of rotatable bonds is 3. The molecule has 0 N–H and O–H groups in total. The van der Waals surface area contributed by atoms with Crippen LogP contribution in [-0.4, -0.2) is 61.3 Å². The van der Waals surface area contributed by atoms with E-state index in [2.05, 4.69) is 20.0 Å². The number of hydrogen-bond donors (Lipinski definition) is 0. The molecule has 0 radical (unpaired) electrons. The molecule has 138 valence electrons. The molecular formula is C17H23N7O2. The number of aromatic nitrogens is 5. The van der Waals surface area contributed by atoms with Crippen molar-refractivity contribution in [3.8, 4) is 0 Å². The van der Waals surface area contributed by atoms with Crippen LogP contribution in [0.25, 0.3) is 0 Å². The standard InChI is InChI=1S/C17H23N7O2/c25-15(13-24-17(26)23-8-3-1-2-5-14(23)20-24)21-9-11-22(12-10-21)16-18-6-4-7-19-16/h4,6-7H,1-3,5,8-13H2. The van der Waals surface area contributed by atoms with Gasteiger partial charge in [-0.15, -0.1) is 0 Å². The van der Waals surface area contributed by atoms with Gasteiger partial charge in [-0.1, -0.05) is 6.42 Å². The number of piperazine rings is 1. The van der Waals surface area contributed by atoms with Crippen LogP contribution >= 0.6 is 0 Å². The number of anilines is 1. The molecule has 0 aromatic carbocycles. The normalized spacial score (nSPS) is 17.7. The lowest BCUT2D eigenvalue weighted by atomic mass is 10.2. The number of hydrogen-bond acceptors (Lipinski definition) is 6. The fourth-order valence-corrected chi connectivity index (χ4v) is 3.57. The summed E-state index contributed by atoms with van der Waals surface area (Å²) in [5, 5.41) is 4.40. The van der Waals surface area contributed by atoms with Crippen LogP contribution in [0.15, 0.2) is 23.3 Å². The summed E-state index contributed by atoms with van der Waals surface area (Å²) in [7, 11) is 0. The maximum absolute atomic E-state index is 12.6. The van der Waals surface area contributed by atoms with Crippen LogP contribution in [0.4, 0.5) is 5.95 Å². The first-order valence-electron chi connectivity index (χ1n) is 9.18. The minimum Gasteiger partial charge on any atom is -0.338 e. The third-order valence-electron chi connectivity index (χ3n) is 5.03. The second-order valence-electron chi connectivity index (χ2n) is 6.74. The maximum Gasteiger partial charge on any atom is 0.346 e. The molecule has 0 atom stereocenters. The molecule has 1 fully saturated rings. The van der Waals surface area contributed by atoms with Crippen molar-refractivity contribution < 1.29 is 4.79 Å². The summed E-state index contributed by atoms with van der Waals surface area (Å²) in [5.41, 5.74) is -0.161. The Labute approximate surface area is 151 Å². The molecule has 2 aromatic rings. The van der Waals surface area contributed by atoms with Crippen LogP contribution in [0.5, 0.6) is 0 Å². The summed E-state index contributed by atoms with van der Waals surface area (Å²) in [5.74, 6) is 1.44. The molecule has 0 saturated carbocycles. The van der Waals surface area contributed by atoms with Crippen molar-refractivity contribution in [3.05, 3.63) is 34.8 Å².